The Hall–Kier alpha value is -7.05. The molecule has 0 unspecified atom stereocenters. The molecule has 0 spiro atoms. The number of aromatic nitrogens is 4. The molecule has 11 aromatic rings. The lowest BCUT2D eigenvalue weighted by atomic mass is 10.0. The van der Waals surface area contributed by atoms with Crippen molar-refractivity contribution in [3.05, 3.63) is 158 Å². The highest BCUT2D eigenvalue weighted by molar-refractivity contribution is 6.12. The fraction of sp³-hybridized carbons (Fsp3) is 0. The van der Waals surface area contributed by atoms with Gasteiger partial charge in [-0.05, 0) is 72.8 Å². The quantitative estimate of drug-likeness (QED) is 0.189. The highest BCUT2D eigenvalue weighted by Crippen LogP contribution is 2.38. The molecule has 4 aromatic heterocycles. The molecule has 0 bridgehead atoms. The van der Waals surface area contributed by atoms with Crippen molar-refractivity contribution in [2.45, 2.75) is 0 Å². The van der Waals surface area contributed by atoms with Gasteiger partial charge >= 0.3 is 0 Å². The summed E-state index contributed by atoms with van der Waals surface area (Å²) < 4.78 is 14.7. The maximum Gasteiger partial charge on any atom is 0.164 e. The van der Waals surface area contributed by atoms with Crippen LogP contribution in [0.15, 0.2) is 167 Å². The van der Waals surface area contributed by atoms with Crippen molar-refractivity contribution >= 4 is 65.7 Å². The Kier molecular flexibility index (Phi) is 5.86. The molecule has 0 aliphatic carbocycles. The van der Waals surface area contributed by atoms with Crippen molar-refractivity contribution in [1.82, 2.24) is 19.5 Å². The topological polar surface area (TPSA) is 69.9 Å². The van der Waals surface area contributed by atoms with Crippen LogP contribution in [0.4, 0.5) is 0 Å². The molecule has 0 saturated heterocycles. The summed E-state index contributed by atoms with van der Waals surface area (Å²) in [6.07, 6.45) is 0. The average molecular weight is 655 g/mol. The summed E-state index contributed by atoms with van der Waals surface area (Å²) in [5.41, 5.74) is 9.35. The summed E-state index contributed by atoms with van der Waals surface area (Å²) in [7, 11) is 0. The van der Waals surface area contributed by atoms with E-state index in [1.165, 1.54) is 21.8 Å². The number of fused-ring (bicyclic) bond motifs is 9. The van der Waals surface area contributed by atoms with Gasteiger partial charge in [0.25, 0.3) is 0 Å². The van der Waals surface area contributed by atoms with Crippen molar-refractivity contribution < 1.29 is 8.83 Å². The van der Waals surface area contributed by atoms with E-state index in [2.05, 4.69) is 102 Å². The third-order valence-electron chi connectivity index (χ3n) is 9.88. The number of hydrogen-bond acceptors (Lipinski definition) is 5. The summed E-state index contributed by atoms with van der Waals surface area (Å²) in [5.74, 6) is 1.75. The van der Waals surface area contributed by atoms with E-state index in [4.69, 9.17) is 23.8 Å². The SMILES string of the molecule is c1ccc2c(c1)oc1ccc(-c3nc(-c4ccc(-n5c6ccccc6c6ccccc65)cc4)nc(-c4cccc5oc6ccccc6c45)n3)cc12. The minimum atomic E-state index is 0.579. The van der Waals surface area contributed by atoms with Crippen LogP contribution in [0.25, 0.3) is 106 Å². The highest BCUT2D eigenvalue weighted by Gasteiger charge is 2.19. The van der Waals surface area contributed by atoms with Crippen LogP contribution in [0, 0.1) is 0 Å². The first-order valence-corrected chi connectivity index (χ1v) is 16.9. The fourth-order valence-electron chi connectivity index (χ4n) is 7.54. The van der Waals surface area contributed by atoms with Crippen LogP contribution in [-0.2, 0) is 0 Å². The van der Waals surface area contributed by atoms with Gasteiger partial charge in [0.2, 0.25) is 0 Å². The van der Waals surface area contributed by atoms with Gasteiger partial charge in [0.15, 0.2) is 17.5 Å². The number of para-hydroxylation sites is 4. The molecule has 7 aromatic carbocycles. The van der Waals surface area contributed by atoms with Crippen LogP contribution in [-0.4, -0.2) is 19.5 Å². The molecule has 0 radical (unpaired) electrons. The number of benzene rings is 7. The van der Waals surface area contributed by atoms with E-state index in [9.17, 15) is 0 Å². The predicted molar refractivity (Wildman–Crippen MR) is 205 cm³/mol. The molecule has 0 atom stereocenters. The lowest BCUT2D eigenvalue weighted by molar-refractivity contribution is 0.668. The standard InChI is InChI=1S/C45H26N4O2/c1-5-15-36-30(10-1)31-11-2-6-16-37(31)49(36)29-23-20-27(21-24-29)43-46-44(28-22-25-40-35(26-28)32-12-3-7-17-38(32)50-40)48-45(47-43)34-14-9-19-41-42(34)33-13-4-8-18-39(33)51-41/h1-26H. The maximum absolute atomic E-state index is 6.25. The molecule has 11 rings (SSSR count). The normalized spacial score (nSPS) is 11.9. The van der Waals surface area contributed by atoms with Crippen molar-refractivity contribution in [3.63, 3.8) is 0 Å². The van der Waals surface area contributed by atoms with E-state index in [1.54, 1.807) is 0 Å². The molecule has 6 nitrogen and oxygen atoms in total. The van der Waals surface area contributed by atoms with Gasteiger partial charge in [-0.25, -0.2) is 15.0 Å². The number of rotatable bonds is 4. The fourth-order valence-corrected chi connectivity index (χ4v) is 7.54. The number of hydrogen-bond donors (Lipinski definition) is 0. The minimum Gasteiger partial charge on any atom is -0.456 e. The van der Waals surface area contributed by atoms with Crippen LogP contribution in [0.2, 0.25) is 0 Å². The molecule has 0 amide bonds. The predicted octanol–water partition coefficient (Wildman–Crippen LogP) is 11.8. The first-order valence-electron chi connectivity index (χ1n) is 16.9. The van der Waals surface area contributed by atoms with Crippen molar-refractivity contribution in [2.75, 3.05) is 0 Å². The zero-order valence-electron chi connectivity index (χ0n) is 27.1. The largest absolute Gasteiger partial charge is 0.456 e. The second-order valence-corrected chi connectivity index (χ2v) is 12.8. The molecule has 0 saturated carbocycles. The summed E-state index contributed by atoms with van der Waals surface area (Å²) in [6, 6.07) is 53.9. The lowest BCUT2D eigenvalue weighted by Crippen LogP contribution is -2.01. The zero-order chi connectivity index (χ0) is 33.5. The van der Waals surface area contributed by atoms with E-state index < -0.39 is 0 Å². The second-order valence-electron chi connectivity index (χ2n) is 12.8. The Labute approximate surface area is 290 Å². The third-order valence-corrected chi connectivity index (χ3v) is 9.88. The smallest absolute Gasteiger partial charge is 0.164 e. The third kappa shape index (κ3) is 4.26. The molecule has 0 N–H and O–H groups in total. The van der Waals surface area contributed by atoms with Gasteiger partial charge in [-0.1, -0.05) is 84.9 Å². The summed E-state index contributed by atoms with van der Waals surface area (Å²) >= 11 is 0. The first-order chi connectivity index (χ1) is 25.3. The molecular formula is C45H26N4O2. The summed E-state index contributed by atoms with van der Waals surface area (Å²) in [5, 5.41) is 6.53. The molecule has 238 valence electrons. The van der Waals surface area contributed by atoms with Gasteiger partial charge in [0, 0.05) is 54.7 Å². The zero-order valence-corrected chi connectivity index (χ0v) is 27.1. The van der Waals surface area contributed by atoms with Crippen LogP contribution < -0.4 is 0 Å². The Morgan fingerprint density at radius 1 is 0.373 bits per heavy atom. The van der Waals surface area contributed by atoms with Gasteiger partial charge in [0.1, 0.15) is 22.3 Å². The maximum atomic E-state index is 6.25. The van der Waals surface area contributed by atoms with Crippen molar-refractivity contribution in [2.24, 2.45) is 0 Å². The number of nitrogens with zero attached hydrogens (tertiary/aromatic N) is 4. The van der Waals surface area contributed by atoms with E-state index >= 15 is 0 Å². The Morgan fingerprint density at radius 2 is 0.902 bits per heavy atom. The van der Waals surface area contributed by atoms with Crippen LogP contribution in [0.5, 0.6) is 0 Å². The van der Waals surface area contributed by atoms with E-state index in [0.717, 1.165) is 66.3 Å². The van der Waals surface area contributed by atoms with Crippen LogP contribution in [0.1, 0.15) is 0 Å². The first kappa shape index (κ1) is 27.9. The molecule has 0 aliphatic rings. The van der Waals surface area contributed by atoms with Gasteiger partial charge in [-0.15, -0.1) is 0 Å². The van der Waals surface area contributed by atoms with E-state index in [0.29, 0.717) is 17.5 Å². The van der Waals surface area contributed by atoms with Crippen LogP contribution >= 0.6 is 0 Å². The van der Waals surface area contributed by atoms with E-state index in [-0.39, 0.29) is 0 Å². The van der Waals surface area contributed by atoms with Crippen molar-refractivity contribution in [1.29, 1.82) is 0 Å². The lowest BCUT2D eigenvalue weighted by Gasteiger charge is -2.11. The van der Waals surface area contributed by atoms with Crippen molar-refractivity contribution in [3.8, 4) is 39.9 Å². The highest BCUT2D eigenvalue weighted by atomic mass is 16.3. The van der Waals surface area contributed by atoms with Gasteiger partial charge in [-0.3, -0.25) is 0 Å². The summed E-state index contributed by atoms with van der Waals surface area (Å²) in [6.45, 7) is 0. The Balaban J connectivity index is 1.12. The minimum absolute atomic E-state index is 0.579. The average Bonchev–Trinajstić information content (AvgIpc) is 3.87. The summed E-state index contributed by atoms with van der Waals surface area (Å²) in [4.78, 5) is 15.4. The monoisotopic (exact) mass is 654 g/mol. The van der Waals surface area contributed by atoms with Crippen LogP contribution in [0.3, 0.4) is 0 Å². The van der Waals surface area contributed by atoms with E-state index in [1.807, 2.05) is 60.7 Å². The van der Waals surface area contributed by atoms with Gasteiger partial charge in [-0.2, -0.15) is 0 Å². The van der Waals surface area contributed by atoms with Gasteiger partial charge in [0.05, 0.1) is 11.0 Å². The Morgan fingerprint density at radius 3 is 1.65 bits per heavy atom. The molecule has 0 aliphatic heterocycles. The molecule has 4 heterocycles. The second kappa shape index (κ2) is 10.7. The Bertz CT molecular complexity index is 3100. The molecular weight excluding hydrogens is 629 g/mol. The molecule has 6 heteroatoms. The van der Waals surface area contributed by atoms with Gasteiger partial charge < -0.3 is 13.4 Å². The number of furan rings is 2. The molecule has 0 fully saturated rings. The molecule has 51 heavy (non-hydrogen) atoms.